The predicted octanol–water partition coefficient (Wildman–Crippen LogP) is 1.60. The number of ether oxygens (including phenoxy) is 3. The summed E-state index contributed by atoms with van der Waals surface area (Å²) in [6.45, 7) is 4.64. The maximum Gasteiger partial charge on any atom is 0.255 e. The van der Waals surface area contributed by atoms with Crippen LogP contribution in [0.4, 0.5) is 0 Å². The number of methoxy groups -OCH3 is 1. The first kappa shape index (κ1) is 21.4. The molecule has 158 valence electrons. The molecule has 0 spiro atoms. The number of H-pyrrole nitrogens is 1. The highest BCUT2D eigenvalue weighted by Crippen LogP contribution is 2.25. The highest BCUT2D eigenvalue weighted by atomic mass is 32.2. The van der Waals surface area contributed by atoms with Crippen molar-refractivity contribution in [3.05, 3.63) is 51.7 Å². The van der Waals surface area contributed by atoms with E-state index in [1.807, 2.05) is 13.8 Å². The zero-order chi connectivity index (χ0) is 21.0. The van der Waals surface area contributed by atoms with Crippen molar-refractivity contribution in [1.29, 1.82) is 0 Å². The Labute approximate surface area is 169 Å². The molecule has 9 nitrogen and oxygen atoms in total. The highest BCUT2D eigenvalue weighted by molar-refractivity contribution is 7.89. The lowest BCUT2D eigenvalue weighted by Gasteiger charge is -2.27. The molecule has 1 aromatic carbocycles. The molecule has 1 aromatic heterocycles. The molecular formula is C19H25N3O6S. The van der Waals surface area contributed by atoms with E-state index in [9.17, 15) is 13.2 Å². The Morgan fingerprint density at radius 1 is 1.17 bits per heavy atom. The van der Waals surface area contributed by atoms with E-state index in [0.717, 1.165) is 0 Å². The number of nitrogens with one attached hydrogen (secondary N) is 1. The molecule has 0 saturated heterocycles. The first-order valence-corrected chi connectivity index (χ1v) is 10.8. The maximum atomic E-state index is 13.0. The van der Waals surface area contributed by atoms with Crippen molar-refractivity contribution in [2.24, 2.45) is 0 Å². The van der Waals surface area contributed by atoms with Crippen LogP contribution in [0, 0.1) is 0 Å². The molecule has 1 N–H and O–H groups in total. The molecule has 0 bridgehead atoms. The SMILES string of the molecule is CCOC(OCC)c1nc2c(c(=O)[nH]1)CN(S(=O)(=O)c1ccc(OC)cc1)CC2. The van der Waals surface area contributed by atoms with Crippen LogP contribution in [0.25, 0.3) is 0 Å². The minimum absolute atomic E-state index is 0.0414. The molecule has 0 atom stereocenters. The Morgan fingerprint density at radius 3 is 2.41 bits per heavy atom. The van der Waals surface area contributed by atoms with Gasteiger partial charge in [0.15, 0.2) is 5.82 Å². The quantitative estimate of drug-likeness (QED) is 0.642. The molecule has 0 radical (unpaired) electrons. The van der Waals surface area contributed by atoms with Crippen molar-refractivity contribution in [3.63, 3.8) is 0 Å². The summed E-state index contributed by atoms with van der Waals surface area (Å²) in [5.74, 6) is 0.864. The summed E-state index contributed by atoms with van der Waals surface area (Å²) >= 11 is 0. The van der Waals surface area contributed by atoms with Crippen LogP contribution in [0.2, 0.25) is 0 Å². The van der Waals surface area contributed by atoms with E-state index in [4.69, 9.17) is 14.2 Å². The zero-order valence-corrected chi connectivity index (χ0v) is 17.5. The fourth-order valence-electron chi connectivity index (χ4n) is 3.14. The second-order valence-corrected chi connectivity index (χ2v) is 8.32. The van der Waals surface area contributed by atoms with Crippen LogP contribution in [0.15, 0.2) is 34.0 Å². The van der Waals surface area contributed by atoms with Crippen LogP contribution in [0.1, 0.15) is 37.2 Å². The fourth-order valence-corrected chi connectivity index (χ4v) is 4.55. The van der Waals surface area contributed by atoms with Crippen molar-refractivity contribution in [2.75, 3.05) is 26.9 Å². The maximum absolute atomic E-state index is 13.0. The first-order chi connectivity index (χ1) is 13.9. The van der Waals surface area contributed by atoms with E-state index >= 15 is 0 Å². The average molecular weight is 423 g/mol. The molecule has 1 aliphatic heterocycles. The van der Waals surface area contributed by atoms with Crippen LogP contribution in [0.3, 0.4) is 0 Å². The second-order valence-electron chi connectivity index (χ2n) is 6.38. The van der Waals surface area contributed by atoms with Gasteiger partial charge in [-0.15, -0.1) is 0 Å². The molecule has 2 heterocycles. The average Bonchev–Trinajstić information content (AvgIpc) is 2.73. The van der Waals surface area contributed by atoms with Gasteiger partial charge in [-0.1, -0.05) is 0 Å². The van der Waals surface area contributed by atoms with Gasteiger partial charge in [-0.25, -0.2) is 13.4 Å². The lowest BCUT2D eigenvalue weighted by molar-refractivity contribution is -0.145. The Hall–Kier alpha value is -2.27. The summed E-state index contributed by atoms with van der Waals surface area (Å²) in [6.07, 6.45) is -0.434. The van der Waals surface area contributed by atoms with Gasteiger partial charge in [0.05, 0.1) is 23.3 Å². The van der Waals surface area contributed by atoms with Gasteiger partial charge in [-0.05, 0) is 38.1 Å². The lowest BCUT2D eigenvalue weighted by Crippen LogP contribution is -2.40. The molecule has 1 aliphatic rings. The summed E-state index contributed by atoms with van der Waals surface area (Å²) in [5, 5.41) is 0. The van der Waals surface area contributed by atoms with Gasteiger partial charge in [0.2, 0.25) is 16.3 Å². The topological polar surface area (TPSA) is 111 Å². The van der Waals surface area contributed by atoms with Gasteiger partial charge in [0.25, 0.3) is 5.56 Å². The molecule has 0 fully saturated rings. The summed E-state index contributed by atoms with van der Waals surface area (Å²) < 4.78 is 43.3. The van der Waals surface area contributed by atoms with Crippen LogP contribution in [-0.4, -0.2) is 49.6 Å². The number of aromatic amines is 1. The van der Waals surface area contributed by atoms with Crippen molar-refractivity contribution in [1.82, 2.24) is 14.3 Å². The number of hydrogen-bond acceptors (Lipinski definition) is 7. The van der Waals surface area contributed by atoms with E-state index < -0.39 is 16.3 Å². The van der Waals surface area contributed by atoms with E-state index in [2.05, 4.69) is 9.97 Å². The Balaban J connectivity index is 1.87. The molecule has 29 heavy (non-hydrogen) atoms. The molecule has 2 aromatic rings. The van der Waals surface area contributed by atoms with Gasteiger partial charge in [-0.3, -0.25) is 4.79 Å². The smallest absolute Gasteiger partial charge is 0.255 e. The summed E-state index contributed by atoms with van der Waals surface area (Å²) in [6, 6.07) is 6.16. The third-order valence-electron chi connectivity index (χ3n) is 4.61. The van der Waals surface area contributed by atoms with Gasteiger partial charge >= 0.3 is 0 Å². The first-order valence-electron chi connectivity index (χ1n) is 9.40. The van der Waals surface area contributed by atoms with Gasteiger partial charge in [0, 0.05) is 32.7 Å². The second kappa shape index (κ2) is 9.04. The van der Waals surface area contributed by atoms with E-state index in [0.29, 0.717) is 42.5 Å². The highest BCUT2D eigenvalue weighted by Gasteiger charge is 2.31. The van der Waals surface area contributed by atoms with Crippen LogP contribution < -0.4 is 10.3 Å². The summed E-state index contributed by atoms with van der Waals surface area (Å²) in [4.78, 5) is 20.0. The number of hydrogen-bond donors (Lipinski definition) is 1. The standard InChI is InChI=1S/C19H25N3O6S/c1-4-27-19(28-5-2)17-20-16-10-11-22(12-15(16)18(23)21-17)29(24,25)14-8-6-13(26-3)7-9-14/h6-9,19H,4-5,10-12H2,1-3H3,(H,20,21,23). The van der Waals surface area contributed by atoms with Crippen LogP contribution in [0.5, 0.6) is 5.75 Å². The number of fused-ring (bicyclic) bond motifs is 1. The van der Waals surface area contributed by atoms with E-state index in [1.54, 1.807) is 12.1 Å². The van der Waals surface area contributed by atoms with Gasteiger partial charge in [-0.2, -0.15) is 4.31 Å². The lowest BCUT2D eigenvalue weighted by atomic mass is 10.1. The van der Waals surface area contributed by atoms with Crippen molar-refractivity contribution in [2.45, 2.75) is 38.0 Å². The molecule has 0 aliphatic carbocycles. The predicted molar refractivity (Wildman–Crippen MR) is 105 cm³/mol. The van der Waals surface area contributed by atoms with Crippen molar-refractivity contribution < 1.29 is 22.6 Å². The number of rotatable bonds is 8. The number of nitrogens with zero attached hydrogens (tertiary/aromatic N) is 2. The Morgan fingerprint density at radius 2 is 1.83 bits per heavy atom. The van der Waals surface area contributed by atoms with Gasteiger partial charge in [0.1, 0.15) is 5.75 Å². The van der Waals surface area contributed by atoms with Crippen LogP contribution >= 0.6 is 0 Å². The monoisotopic (exact) mass is 423 g/mol. The van der Waals surface area contributed by atoms with Crippen molar-refractivity contribution in [3.8, 4) is 5.75 Å². The molecule has 10 heteroatoms. The largest absolute Gasteiger partial charge is 0.497 e. The summed E-state index contributed by atoms with van der Waals surface area (Å²) in [7, 11) is -2.23. The zero-order valence-electron chi connectivity index (χ0n) is 16.7. The van der Waals surface area contributed by atoms with Gasteiger partial charge < -0.3 is 19.2 Å². The molecule has 0 saturated carbocycles. The normalized spacial score (nSPS) is 14.8. The number of sulfonamides is 1. The fraction of sp³-hybridized carbons (Fsp3) is 0.474. The molecular weight excluding hydrogens is 398 g/mol. The Kier molecular flexibility index (Phi) is 6.68. The molecule has 0 amide bonds. The molecule has 0 unspecified atom stereocenters. The van der Waals surface area contributed by atoms with E-state index in [1.165, 1.54) is 23.5 Å². The minimum Gasteiger partial charge on any atom is -0.497 e. The van der Waals surface area contributed by atoms with Crippen LogP contribution in [-0.2, 0) is 32.5 Å². The third kappa shape index (κ3) is 4.50. The van der Waals surface area contributed by atoms with E-state index in [-0.39, 0.29) is 23.5 Å². The number of aromatic nitrogens is 2. The minimum atomic E-state index is -3.74. The summed E-state index contributed by atoms with van der Waals surface area (Å²) in [5.41, 5.74) is 0.516. The van der Waals surface area contributed by atoms with Crippen molar-refractivity contribution >= 4 is 10.0 Å². The number of benzene rings is 1. The third-order valence-corrected chi connectivity index (χ3v) is 6.47. The molecule has 3 rings (SSSR count). The Bertz CT molecular complexity index is 998.